The van der Waals surface area contributed by atoms with Crippen LogP contribution in [0.1, 0.15) is 33.1 Å². The summed E-state index contributed by atoms with van der Waals surface area (Å²) in [4.78, 5) is 25.3. The molecule has 5 nitrogen and oxygen atoms in total. The van der Waals surface area contributed by atoms with Crippen LogP contribution in [0, 0.1) is 5.41 Å². The number of carbonyl (C=O) groups excluding carboxylic acids is 1. The quantitative estimate of drug-likeness (QED) is 0.579. The highest BCUT2D eigenvalue weighted by atomic mass is 16.5. The van der Waals surface area contributed by atoms with Crippen molar-refractivity contribution in [3.8, 4) is 0 Å². The van der Waals surface area contributed by atoms with E-state index in [-0.39, 0.29) is 6.61 Å². The minimum atomic E-state index is -1.32. The summed E-state index contributed by atoms with van der Waals surface area (Å²) in [6.45, 7) is 6.27. The number of rotatable bonds is 5. The molecule has 0 aromatic carbocycles. The number of carbonyl (C=O) groups is 2. The Morgan fingerprint density at radius 1 is 1.29 bits per heavy atom. The summed E-state index contributed by atoms with van der Waals surface area (Å²) in [7, 11) is 0. The third-order valence-electron chi connectivity index (χ3n) is 3.33. The predicted octanol–water partition coefficient (Wildman–Crippen LogP) is 1.13. The molecule has 1 heterocycles. The zero-order chi connectivity index (χ0) is 12.9. The summed E-state index contributed by atoms with van der Waals surface area (Å²) in [5.41, 5.74) is -1.32. The Kier molecular flexibility index (Phi) is 4.93. The fourth-order valence-corrected chi connectivity index (χ4v) is 2.25. The molecule has 0 spiro atoms. The van der Waals surface area contributed by atoms with Crippen LogP contribution < -0.4 is 0 Å². The molecule has 17 heavy (non-hydrogen) atoms. The molecule has 1 rings (SSSR count). The van der Waals surface area contributed by atoms with E-state index in [1.165, 1.54) is 0 Å². The van der Waals surface area contributed by atoms with Crippen molar-refractivity contribution in [3.63, 3.8) is 0 Å². The van der Waals surface area contributed by atoms with Crippen molar-refractivity contribution in [1.29, 1.82) is 0 Å². The van der Waals surface area contributed by atoms with Crippen LogP contribution in [-0.2, 0) is 14.3 Å². The standard InChI is InChI=1S/C12H21NO4/c1-3-7-13-8-5-12(6-9-13,10(14)15)11(16)17-4-2/h3-9H2,1-2H3,(H,14,15). The fraction of sp³-hybridized carbons (Fsp3) is 0.833. The monoisotopic (exact) mass is 243 g/mol. The van der Waals surface area contributed by atoms with Gasteiger partial charge in [0.25, 0.3) is 0 Å². The Balaban J connectivity index is 2.70. The Morgan fingerprint density at radius 3 is 2.29 bits per heavy atom. The molecule has 98 valence electrons. The average molecular weight is 243 g/mol. The highest BCUT2D eigenvalue weighted by molar-refractivity contribution is 5.99. The summed E-state index contributed by atoms with van der Waals surface area (Å²) in [5, 5.41) is 9.28. The number of esters is 1. The van der Waals surface area contributed by atoms with E-state index in [0.29, 0.717) is 25.9 Å². The lowest BCUT2D eigenvalue weighted by Gasteiger charge is -2.36. The van der Waals surface area contributed by atoms with Crippen molar-refractivity contribution < 1.29 is 19.4 Å². The normalized spacial score (nSPS) is 19.9. The van der Waals surface area contributed by atoms with Crippen molar-refractivity contribution in [3.05, 3.63) is 0 Å². The van der Waals surface area contributed by atoms with Gasteiger partial charge in [0.05, 0.1) is 6.61 Å². The Hall–Kier alpha value is -1.10. The van der Waals surface area contributed by atoms with E-state index in [4.69, 9.17) is 4.74 Å². The van der Waals surface area contributed by atoms with E-state index in [1.54, 1.807) is 6.92 Å². The smallest absolute Gasteiger partial charge is 0.323 e. The maximum atomic E-state index is 11.8. The molecule has 0 saturated carbocycles. The van der Waals surface area contributed by atoms with Crippen molar-refractivity contribution in [1.82, 2.24) is 4.90 Å². The second kappa shape index (κ2) is 6.00. The number of carboxylic acid groups (broad SMARTS) is 1. The first-order chi connectivity index (χ1) is 8.06. The molecule has 1 saturated heterocycles. The molecule has 0 aromatic rings. The molecule has 1 N–H and O–H groups in total. The van der Waals surface area contributed by atoms with Crippen LogP contribution in [0.3, 0.4) is 0 Å². The molecule has 1 fully saturated rings. The lowest BCUT2D eigenvalue weighted by molar-refractivity contribution is -0.172. The van der Waals surface area contributed by atoms with Gasteiger partial charge in [-0.15, -0.1) is 0 Å². The van der Waals surface area contributed by atoms with Crippen LogP contribution in [0.15, 0.2) is 0 Å². The van der Waals surface area contributed by atoms with E-state index in [0.717, 1.165) is 13.0 Å². The maximum absolute atomic E-state index is 11.8. The first-order valence-electron chi connectivity index (χ1n) is 6.19. The number of carboxylic acids is 1. The molecule has 0 amide bonds. The van der Waals surface area contributed by atoms with Gasteiger partial charge in [0.1, 0.15) is 0 Å². The third kappa shape index (κ3) is 2.97. The van der Waals surface area contributed by atoms with Gasteiger partial charge in [-0.3, -0.25) is 9.59 Å². The van der Waals surface area contributed by atoms with E-state index >= 15 is 0 Å². The number of likely N-dealkylation sites (tertiary alicyclic amines) is 1. The molecule has 0 aliphatic carbocycles. The van der Waals surface area contributed by atoms with Gasteiger partial charge < -0.3 is 14.7 Å². The van der Waals surface area contributed by atoms with Crippen molar-refractivity contribution in [2.75, 3.05) is 26.2 Å². The van der Waals surface area contributed by atoms with Gasteiger partial charge in [0.2, 0.25) is 0 Å². The fourth-order valence-electron chi connectivity index (χ4n) is 2.25. The zero-order valence-electron chi connectivity index (χ0n) is 10.6. The van der Waals surface area contributed by atoms with Gasteiger partial charge in [-0.25, -0.2) is 0 Å². The van der Waals surface area contributed by atoms with Gasteiger partial charge in [0, 0.05) is 0 Å². The van der Waals surface area contributed by atoms with Gasteiger partial charge in [-0.2, -0.15) is 0 Å². The second-order valence-electron chi connectivity index (χ2n) is 4.45. The van der Waals surface area contributed by atoms with E-state index in [2.05, 4.69) is 11.8 Å². The van der Waals surface area contributed by atoms with E-state index in [9.17, 15) is 14.7 Å². The summed E-state index contributed by atoms with van der Waals surface area (Å²) < 4.78 is 4.90. The van der Waals surface area contributed by atoms with E-state index < -0.39 is 17.4 Å². The number of hydrogen-bond donors (Lipinski definition) is 1. The second-order valence-corrected chi connectivity index (χ2v) is 4.45. The first-order valence-corrected chi connectivity index (χ1v) is 6.19. The first kappa shape index (κ1) is 14.0. The van der Waals surface area contributed by atoms with Crippen molar-refractivity contribution in [2.24, 2.45) is 5.41 Å². The Morgan fingerprint density at radius 2 is 1.88 bits per heavy atom. The number of piperidine rings is 1. The molecule has 0 radical (unpaired) electrons. The number of nitrogens with zero attached hydrogens (tertiary/aromatic N) is 1. The highest BCUT2D eigenvalue weighted by Crippen LogP contribution is 2.33. The summed E-state index contributed by atoms with van der Waals surface area (Å²) >= 11 is 0. The van der Waals surface area contributed by atoms with Crippen LogP contribution in [0.4, 0.5) is 0 Å². The van der Waals surface area contributed by atoms with Crippen molar-refractivity contribution in [2.45, 2.75) is 33.1 Å². The lowest BCUT2D eigenvalue weighted by Crippen LogP contribution is -2.49. The number of ether oxygens (including phenoxy) is 1. The molecular formula is C12H21NO4. The summed E-state index contributed by atoms with van der Waals surface area (Å²) in [5.74, 6) is -1.63. The van der Waals surface area contributed by atoms with Crippen LogP contribution in [0.2, 0.25) is 0 Å². The molecule has 5 heteroatoms. The Labute approximate surface area is 102 Å². The predicted molar refractivity (Wildman–Crippen MR) is 62.7 cm³/mol. The topological polar surface area (TPSA) is 66.8 Å². The van der Waals surface area contributed by atoms with Crippen LogP contribution in [0.5, 0.6) is 0 Å². The third-order valence-corrected chi connectivity index (χ3v) is 3.33. The molecule has 0 bridgehead atoms. The SMILES string of the molecule is CCCN1CCC(C(=O)O)(C(=O)OCC)CC1. The van der Waals surface area contributed by atoms with E-state index in [1.807, 2.05) is 0 Å². The van der Waals surface area contributed by atoms with Crippen LogP contribution in [-0.4, -0.2) is 48.2 Å². The molecule has 0 atom stereocenters. The minimum absolute atomic E-state index is 0.229. The molecule has 1 aliphatic heterocycles. The number of aliphatic carboxylic acids is 1. The number of hydrogen-bond acceptors (Lipinski definition) is 4. The largest absolute Gasteiger partial charge is 0.480 e. The van der Waals surface area contributed by atoms with Gasteiger partial charge in [-0.05, 0) is 45.8 Å². The van der Waals surface area contributed by atoms with Crippen molar-refractivity contribution >= 4 is 11.9 Å². The zero-order valence-corrected chi connectivity index (χ0v) is 10.6. The molecule has 1 aliphatic rings. The van der Waals surface area contributed by atoms with Gasteiger partial charge in [0.15, 0.2) is 5.41 Å². The Bertz CT molecular complexity index is 282. The van der Waals surface area contributed by atoms with Crippen LogP contribution in [0.25, 0.3) is 0 Å². The van der Waals surface area contributed by atoms with Crippen LogP contribution >= 0.6 is 0 Å². The lowest BCUT2D eigenvalue weighted by atomic mass is 9.78. The summed E-state index contributed by atoms with van der Waals surface area (Å²) in [6, 6.07) is 0. The van der Waals surface area contributed by atoms with Gasteiger partial charge in [-0.1, -0.05) is 6.92 Å². The average Bonchev–Trinajstić information content (AvgIpc) is 2.30. The molecule has 0 aromatic heterocycles. The minimum Gasteiger partial charge on any atom is -0.480 e. The maximum Gasteiger partial charge on any atom is 0.323 e. The van der Waals surface area contributed by atoms with Gasteiger partial charge >= 0.3 is 11.9 Å². The molecular weight excluding hydrogens is 222 g/mol. The molecule has 0 unspecified atom stereocenters. The summed E-state index contributed by atoms with van der Waals surface area (Å²) in [6.07, 6.45) is 1.74. The highest BCUT2D eigenvalue weighted by Gasteiger charge is 2.49.